The zero-order valence-electron chi connectivity index (χ0n) is 23.8. The normalized spacial score (nSPS) is 15.7. The van der Waals surface area contributed by atoms with Crippen LogP contribution in [-0.4, -0.2) is 43.5 Å². The second kappa shape index (κ2) is 12.9. The summed E-state index contributed by atoms with van der Waals surface area (Å²) in [6.07, 6.45) is 4.19. The zero-order chi connectivity index (χ0) is 27.9. The molecule has 0 aliphatic carbocycles. The molecule has 0 saturated carbocycles. The molecule has 7 heteroatoms. The van der Waals surface area contributed by atoms with Crippen LogP contribution in [0.2, 0.25) is 0 Å². The van der Waals surface area contributed by atoms with E-state index in [1.54, 1.807) is 20.3 Å². The molecule has 1 fully saturated rings. The number of hydrogen-bond acceptors (Lipinski definition) is 7. The molecule has 0 aromatic heterocycles. The van der Waals surface area contributed by atoms with E-state index in [1.807, 2.05) is 12.1 Å². The van der Waals surface area contributed by atoms with Gasteiger partial charge in [0.2, 0.25) is 5.78 Å². The maximum absolute atomic E-state index is 12.9. The number of ether oxygens (including phenoxy) is 3. The molecule has 0 amide bonds. The number of carbonyl (C=O) groups excluding carboxylic acids is 2. The van der Waals surface area contributed by atoms with Crippen molar-refractivity contribution in [2.45, 2.75) is 78.3 Å². The molecule has 2 aromatic rings. The molecule has 0 spiro atoms. The van der Waals surface area contributed by atoms with E-state index in [9.17, 15) is 9.59 Å². The van der Waals surface area contributed by atoms with E-state index in [0.29, 0.717) is 29.6 Å². The number of rotatable bonds is 12. The fourth-order valence-corrected chi connectivity index (χ4v) is 4.53. The van der Waals surface area contributed by atoms with Crippen LogP contribution in [0.3, 0.4) is 0 Å². The standard InChI is InChI=1S/C31H42N2O5/c1-8-9-10-11-21(2)33(19-22-12-14-23(15-13-22)31(3,4)5)29(28-26(34)20-38-30(28)35)32-25-17-16-24(36-6)18-27(25)37-7/h12-18,21,32H,8-11,19-20H2,1-7H3/b29-28+. The number of nitrogens with zero attached hydrogens (tertiary/aromatic N) is 1. The van der Waals surface area contributed by atoms with Gasteiger partial charge in [-0.15, -0.1) is 0 Å². The highest BCUT2D eigenvalue weighted by atomic mass is 16.5. The van der Waals surface area contributed by atoms with E-state index in [1.165, 1.54) is 5.56 Å². The Hall–Kier alpha value is -3.48. The Balaban J connectivity index is 2.09. The van der Waals surface area contributed by atoms with Gasteiger partial charge in [-0.2, -0.15) is 0 Å². The lowest BCUT2D eigenvalue weighted by atomic mass is 9.86. The molecule has 1 saturated heterocycles. The lowest BCUT2D eigenvalue weighted by molar-refractivity contribution is -0.135. The lowest BCUT2D eigenvalue weighted by Gasteiger charge is -2.35. The predicted molar refractivity (Wildman–Crippen MR) is 150 cm³/mol. The summed E-state index contributed by atoms with van der Waals surface area (Å²) >= 11 is 0. The molecule has 1 N–H and O–H groups in total. The highest BCUT2D eigenvalue weighted by Crippen LogP contribution is 2.33. The second-order valence-electron chi connectivity index (χ2n) is 10.8. The van der Waals surface area contributed by atoms with Crippen LogP contribution in [0.1, 0.15) is 71.4 Å². The largest absolute Gasteiger partial charge is 0.497 e. The van der Waals surface area contributed by atoms with E-state index in [2.05, 4.69) is 69.1 Å². The number of methoxy groups -OCH3 is 2. The minimum absolute atomic E-state index is 0.0384. The van der Waals surface area contributed by atoms with Crippen molar-refractivity contribution in [3.8, 4) is 11.5 Å². The molecule has 1 heterocycles. The van der Waals surface area contributed by atoms with Gasteiger partial charge < -0.3 is 24.4 Å². The molecule has 2 aromatic carbocycles. The summed E-state index contributed by atoms with van der Waals surface area (Å²) < 4.78 is 16.1. The molecule has 206 valence electrons. The number of ketones is 1. The van der Waals surface area contributed by atoms with Crippen LogP contribution in [0.15, 0.2) is 53.9 Å². The fraction of sp³-hybridized carbons (Fsp3) is 0.484. The van der Waals surface area contributed by atoms with Crippen LogP contribution in [0.5, 0.6) is 11.5 Å². The van der Waals surface area contributed by atoms with Crippen molar-refractivity contribution in [1.29, 1.82) is 0 Å². The number of anilines is 1. The highest BCUT2D eigenvalue weighted by Gasteiger charge is 2.35. The average Bonchev–Trinajstić information content (AvgIpc) is 3.23. The Morgan fingerprint density at radius 1 is 1.05 bits per heavy atom. The van der Waals surface area contributed by atoms with Crippen molar-refractivity contribution < 1.29 is 23.8 Å². The quantitative estimate of drug-likeness (QED) is 0.153. The summed E-state index contributed by atoms with van der Waals surface area (Å²) in [5.41, 5.74) is 3.04. The molecule has 38 heavy (non-hydrogen) atoms. The Morgan fingerprint density at radius 3 is 2.32 bits per heavy atom. The molecule has 0 bridgehead atoms. The van der Waals surface area contributed by atoms with Gasteiger partial charge in [0.25, 0.3) is 0 Å². The minimum atomic E-state index is -0.612. The first-order valence-corrected chi connectivity index (χ1v) is 13.4. The number of Topliss-reactive ketones (excluding diaryl/α,β-unsaturated/α-hetero) is 1. The van der Waals surface area contributed by atoms with Gasteiger partial charge in [0.05, 0.1) is 19.9 Å². The third-order valence-electron chi connectivity index (χ3n) is 6.93. The van der Waals surface area contributed by atoms with Crippen LogP contribution in [-0.2, 0) is 26.3 Å². The molecular formula is C31H42N2O5. The number of unbranched alkanes of at least 4 members (excludes halogenated alkanes) is 2. The SMILES string of the molecule is CCCCCC(C)N(Cc1ccc(C(C)(C)C)cc1)/C(Nc1ccc(OC)cc1OC)=C1\C(=O)COC1=O. The van der Waals surface area contributed by atoms with Gasteiger partial charge in [0.1, 0.15) is 22.9 Å². The number of carbonyl (C=O) groups is 2. The number of nitrogens with one attached hydrogen (secondary N) is 1. The first-order chi connectivity index (χ1) is 18.1. The van der Waals surface area contributed by atoms with Crippen molar-refractivity contribution in [2.24, 2.45) is 0 Å². The van der Waals surface area contributed by atoms with E-state index in [4.69, 9.17) is 14.2 Å². The van der Waals surface area contributed by atoms with E-state index >= 15 is 0 Å². The summed E-state index contributed by atoms with van der Waals surface area (Å²) in [7, 11) is 3.16. The van der Waals surface area contributed by atoms with Crippen molar-refractivity contribution in [3.05, 3.63) is 65.0 Å². The van der Waals surface area contributed by atoms with Gasteiger partial charge in [-0.05, 0) is 42.0 Å². The van der Waals surface area contributed by atoms with Gasteiger partial charge in [-0.25, -0.2) is 4.79 Å². The van der Waals surface area contributed by atoms with Crippen molar-refractivity contribution in [2.75, 3.05) is 26.1 Å². The van der Waals surface area contributed by atoms with Gasteiger partial charge in [0, 0.05) is 18.7 Å². The molecule has 3 rings (SSSR count). The molecule has 7 nitrogen and oxygen atoms in total. The third kappa shape index (κ3) is 7.09. The van der Waals surface area contributed by atoms with Crippen LogP contribution < -0.4 is 14.8 Å². The third-order valence-corrected chi connectivity index (χ3v) is 6.93. The summed E-state index contributed by atoms with van der Waals surface area (Å²) in [5.74, 6) is 0.665. The van der Waals surface area contributed by atoms with E-state index in [-0.39, 0.29) is 29.4 Å². The van der Waals surface area contributed by atoms with Gasteiger partial charge >= 0.3 is 5.97 Å². The Morgan fingerprint density at radius 2 is 1.76 bits per heavy atom. The summed E-state index contributed by atoms with van der Waals surface area (Å²) in [6, 6.07) is 14.0. The maximum atomic E-state index is 12.9. The summed E-state index contributed by atoms with van der Waals surface area (Å²) in [6.45, 7) is 11.1. The minimum Gasteiger partial charge on any atom is -0.497 e. The van der Waals surface area contributed by atoms with Crippen molar-refractivity contribution in [3.63, 3.8) is 0 Å². The fourth-order valence-electron chi connectivity index (χ4n) is 4.53. The lowest BCUT2D eigenvalue weighted by Crippen LogP contribution is -2.37. The number of esters is 1. The van der Waals surface area contributed by atoms with Crippen molar-refractivity contribution >= 4 is 17.4 Å². The number of benzene rings is 2. The first kappa shape index (κ1) is 29.1. The van der Waals surface area contributed by atoms with Gasteiger partial charge in [-0.3, -0.25) is 4.79 Å². The summed E-state index contributed by atoms with van der Waals surface area (Å²) in [4.78, 5) is 27.9. The van der Waals surface area contributed by atoms with Crippen molar-refractivity contribution in [1.82, 2.24) is 4.90 Å². The van der Waals surface area contributed by atoms with Gasteiger partial charge in [0.15, 0.2) is 6.61 Å². The summed E-state index contributed by atoms with van der Waals surface area (Å²) in [5, 5.41) is 3.38. The molecule has 1 aliphatic heterocycles. The molecule has 1 unspecified atom stereocenters. The number of hydrogen-bond donors (Lipinski definition) is 1. The zero-order valence-corrected chi connectivity index (χ0v) is 23.8. The topological polar surface area (TPSA) is 77.1 Å². The van der Waals surface area contributed by atoms with E-state index < -0.39 is 5.97 Å². The average molecular weight is 523 g/mol. The number of cyclic esters (lactones) is 1. The molecule has 1 aliphatic rings. The predicted octanol–water partition coefficient (Wildman–Crippen LogP) is 6.22. The monoisotopic (exact) mass is 522 g/mol. The Bertz CT molecular complexity index is 1130. The Labute approximate surface area is 227 Å². The highest BCUT2D eigenvalue weighted by molar-refractivity contribution is 6.22. The Kier molecular flexibility index (Phi) is 9.84. The molecule has 0 radical (unpaired) electrons. The first-order valence-electron chi connectivity index (χ1n) is 13.4. The van der Waals surface area contributed by atoms with E-state index in [0.717, 1.165) is 31.2 Å². The maximum Gasteiger partial charge on any atom is 0.346 e. The van der Waals surface area contributed by atoms with Crippen LogP contribution in [0.25, 0.3) is 0 Å². The molecular weight excluding hydrogens is 480 g/mol. The van der Waals surface area contributed by atoms with Gasteiger partial charge in [-0.1, -0.05) is 71.2 Å². The van der Waals surface area contributed by atoms with Crippen LogP contribution in [0.4, 0.5) is 5.69 Å². The van der Waals surface area contributed by atoms with Crippen LogP contribution in [0, 0.1) is 0 Å². The smallest absolute Gasteiger partial charge is 0.346 e. The molecule has 1 atom stereocenters. The second-order valence-corrected chi connectivity index (χ2v) is 10.8. The van der Waals surface area contributed by atoms with Crippen LogP contribution >= 0.6 is 0 Å².